The number of benzene rings is 2. The first-order valence-electron chi connectivity index (χ1n) is 15.4. The van der Waals surface area contributed by atoms with Gasteiger partial charge < -0.3 is 24.8 Å². The summed E-state index contributed by atoms with van der Waals surface area (Å²) in [5.41, 5.74) is 2.08. The summed E-state index contributed by atoms with van der Waals surface area (Å²) in [5, 5.41) is 22.3. The molecule has 3 aliphatic heterocycles. The summed E-state index contributed by atoms with van der Waals surface area (Å²) in [4.78, 5) is 23.8. The van der Waals surface area contributed by atoms with Crippen LogP contribution in [0.15, 0.2) is 48.7 Å². The van der Waals surface area contributed by atoms with Crippen molar-refractivity contribution in [3.05, 3.63) is 65.6 Å². The molecule has 13 heteroatoms. The molecule has 46 heavy (non-hydrogen) atoms. The molecule has 0 spiro atoms. The van der Waals surface area contributed by atoms with Crippen LogP contribution in [-0.4, -0.2) is 94.3 Å². The SMILES string of the molecule is CC(O)C(=O)N1CCC(Oc2ccc(-c3nc(Nc4ccc(C5CCN(C6COC6)CC5)cc4)ncc3F)cc2C#N)C(F)(F)C1. The van der Waals surface area contributed by atoms with Crippen molar-refractivity contribution in [2.75, 3.05) is 44.7 Å². The Hall–Kier alpha value is -4.25. The Morgan fingerprint density at radius 1 is 1.15 bits per heavy atom. The molecule has 3 aromatic rings. The number of rotatable bonds is 8. The largest absolute Gasteiger partial charge is 0.483 e. The van der Waals surface area contributed by atoms with Crippen LogP contribution >= 0.6 is 0 Å². The molecule has 2 atom stereocenters. The Labute approximate surface area is 264 Å². The fourth-order valence-corrected chi connectivity index (χ4v) is 6.17. The number of hydrogen-bond acceptors (Lipinski definition) is 9. The number of anilines is 2. The van der Waals surface area contributed by atoms with Crippen LogP contribution in [0.3, 0.4) is 0 Å². The van der Waals surface area contributed by atoms with Crippen LogP contribution in [0.4, 0.5) is 24.8 Å². The quantitative estimate of drug-likeness (QED) is 0.369. The molecule has 0 aliphatic carbocycles. The van der Waals surface area contributed by atoms with Crippen molar-refractivity contribution >= 4 is 17.5 Å². The average Bonchev–Trinajstić information content (AvgIpc) is 3.02. The number of aromatic nitrogens is 2. The first-order chi connectivity index (χ1) is 22.1. The third-order valence-electron chi connectivity index (χ3n) is 8.89. The second-order valence-electron chi connectivity index (χ2n) is 12.1. The lowest BCUT2D eigenvalue weighted by atomic mass is 9.88. The minimum Gasteiger partial charge on any atom is -0.483 e. The normalized spacial score (nSPS) is 21.2. The maximum atomic E-state index is 14.9. The molecule has 3 aliphatic rings. The number of hydrogen-bond donors (Lipinski definition) is 2. The molecule has 0 radical (unpaired) electrons. The molecule has 1 aromatic heterocycles. The fraction of sp³-hybridized carbons (Fsp3) is 0.455. The van der Waals surface area contributed by atoms with E-state index in [1.165, 1.54) is 30.7 Å². The van der Waals surface area contributed by atoms with E-state index in [-0.39, 0.29) is 41.5 Å². The molecular formula is C33H35F3N6O4. The van der Waals surface area contributed by atoms with Crippen LogP contribution in [0.5, 0.6) is 5.75 Å². The fourth-order valence-electron chi connectivity index (χ4n) is 6.17. The van der Waals surface area contributed by atoms with Crippen molar-refractivity contribution in [3.63, 3.8) is 0 Å². The van der Waals surface area contributed by atoms with E-state index in [1.54, 1.807) is 0 Å². The summed E-state index contributed by atoms with van der Waals surface area (Å²) in [5.74, 6) is -4.39. The molecule has 2 unspecified atom stereocenters. The number of nitrogens with one attached hydrogen (secondary N) is 1. The first kappa shape index (κ1) is 31.7. The molecule has 3 saturated heterocycles. The van der Waals surface area contributed by atoms with Gasteiger partial charge in [0.15, 0.2) is 11.9 Å². The van der Waals surface area contributed by atoms with E-state index in [2.05, 4.69) is 32.3 Å². The van der Waals surface area contributed by atoms with Crippen molar-refractivity contribution in [2.45, 2.75) is 56.3 Å². The predicted molar refractivity (Wildman–Crippen MR) is 162 cm³/mol. The van der Waals surface area contributed by atoms with Crippen molar-refractivity contribution in [1.82, 2.24) is 19.8 Å². The second-order valence-corrected chi connectivity index (χ2v) is 12.1. The van der Waals surface area contributed by atoms with Gasteiger partial charge in [0.1, 0.15) is 23.6 Å². The van der Waals surface area contributed by atoms with Gasteiger partial charge in [-0.05, 0) is 74.7 Å². The lowest BCUT2D eigenvalue weighted by molar-refractivity contribution is -0.165. The van der Waals surface area contributed by atoms with E-state index in [9.17, 15) is 28.3 Å². The predicted octanol–water partition coefficient (Wildman–Crippen LogP) is 4.47. The van der Waals surface area contributed by atoms with Gasteiger partial charge in [-0.3, -0.25) is 9.69 Å². The highest BCUT2D eigenvalue weighted by molar-refractivity contribution is 5.80. The maximum absolute atomic E-state index is 14.9. The van der Waals surface area contributed by atoms with E-state index >= 15 is 0 Å². The van der Waals surface area contributed by atoms with E-state index in [1.807, 2.05) is 18.2 Å². The van der Waals surface area contributed by atoms with E-state index in [0.717, 1.165) is 55.9 Å². The minimum atomic E-state index is -3.42. The zero-order valence-electron chi connectivity index (χ0n) is 25.3. The number of aliphatic hydroxyl groups excluding tert-OH is 1. The summed E-state index contributed by atoms with van der Waals surface area (Å²) < 4.78 is 55.6. The van der Waals surface area contributed by atoms with Crippen LogP contribution in [0.25, 0.3) is 11.3 Å². The molecule has 242 valence electrons. The monoisotopic (exact) mass is 636 g/mol. The molecule has 1 amide bonds. The van der Waals surface area contributed by atoms with E-state index in [4.69, 9.17) is 9.47 Å². The summed E-state index contributed by atoms with van der Waals surface area (Å²) in [7, 11) is 0. The van der Waals surface area contributed by atoms with Gasteiger partial charge in [0.05, 0.1) is 37.6 Å². The van der Waals surface area contributed by atoms with Crippen molar-refractivity contribution in [1.29, 1.82) is 5.26 Å². The molecular weight excluding hydrogens is 601 g/mol. The van der Waals surface area contributed by atoms with Crippen LogP contribution in [0, 0.1) is 17.1 Å². The van der Waals surface area contributed by atoms with Gasteiger partial charge in [0.25, 0.3) is 5.91 Å². The molecule has 6 rings (SSSR count). The number of nitrogens with zero attached hydrogens (tertiary/aromatic N) is 5. The molecule has 0 bridgehead atoms. The van der Waals surface area contributed by atoms with Gasteiger partial charge in [-0.25, -0.2) is 23.1 Å². The number of halogens is 3. The molecule has 10 nitrogen and oxygen atoms in total. The smallest absolute Gasteiger partial charge is 0.301 e. The Kier molecular flexibility index (Phi) is 9.13. The number of aliphatic hydroxyl groups is 1. The second kappa shape index (κ2) is 13.2. The number of alkyl halides is 2. The van der Waals surface area contributed by atoms with Gasteiger partial charge in [0, 0.05) is 24.2 Å². The molecule has 4 heterocycles. The summed E-state index contributed by atoms with van der Waals surface area (Å²) in [6, 6.07) is 14.6. The Morgan fingerprint density at radius 3 is 2.52 bits per heavy atom. The standard InChI is InChI=1S/C33H35F3N6O4/c1-20(43)31(44)42-13-10-29(33(35,36)19-42)46-28-7-4-23(14-24(28)15-37)30-27(34)16-38-32(40-30)39-25-5-2-21(3-6-25)22-8-11-41(12-9-22)26-17-45-18-26/h2-7,14,16,20,22,26,29,43H,8-13,17-19H2,1H3,(H,38,39,40). The highest BCUT2D eigenvalue weighted by Gasteiger charge is 2.48. The highest BCUT2D eigenvalue weighted by atomic mass is 19.3. The first-order valence-corrected chi connectivity index (χ1v) is 15.4. The summed E-state index contributed by atoms with van der Waals surface area (Å²) in [6.45, 7) is 4.05. The Morgan fingerprint density at radius 2 is 1.89 bits per heavy atom. The number of piperidine rings is 2. The van der Waals surface area contributed by atoms with Crippen molar-refractivity contribution in [2.24, 2.45) is 0 Å². The molecule has 3 fully saturated rings. The van der Waals surface area contributed by atoms with E-state index < -0.39 is 36.4 Å². The lowest BCUT2D eigenvalue weighted by Crippen LogP contribution is -2.56. The third kappa shape index (κ3) is 6.79. The zero-order chi connectivity index (χ0) is 32.4. The molecule has 2 aromatic carbocycles. The minimum absolute atomic E-state index is 0.0372. The average molecular weight is 637 g/mol. The van der Waals surface area contributed by atoms with Crippen LogP contribution < -0.4 is 10.1 Å². The van der Waals surface area contributed by atoms with Gasteiger partial charge in [-0.1, -0.05) is 12.1 Å². The topological polar surface area (TPSA) is 124 Å². The lowest BCUT2D eigenvalue weighted by Gasteiger charge is -2.41. The number of amides is 1. The van der Waals surface area contributed by atoms with Crippen molar-refractivity contribution in [3.8, 4) is 23.1 Å². The number of carbonyl (C=O) groups is 1. The number of carbonyl (C=O) groups excluding carboxylic acids is 1. The molecule has 2 N–H and O–H groups in total. The van der Waals surface area contributed by atoms with Gasteiger partial charge in [0.2, 0.25) is 5.95 Å². The summed E-state index contributed by atoms with van der Waals surface area (Å²) >= 11 is 0. The van der Waals surface area contributed by atoms with Crippen LogP contribution in [-0.2, 0) is 9.53 Å². The van der Waals surface area contributed by atoms with Crippen LogP contribution in [0.2, 0.25) is 0 Å². The van der Waals surface area contributed by atoms with Crippen LogP contribution in [0.1, 0.15) is 43.2 Å². The zero-order valence-corrected chi connectivity index (χ0v) is 25.3. The third-order valence-corrected chi connectivity index (χ3v) is 8.89. The van der Waals surface area contributed by atoms with Gasteiger partial charge in [-0.2, -0.15) is 5.26 Å². The van der Waals surface area contributed by atoms with E-state index in [0.29, 0.717) is 12.0 Å². The summed E-state index contributed by atoms with van der Waals surface area (Å²) in [6.07, 6.45) is 0.0140. The van der Waals surface area contributed by atoms with Gasteiger partial charge >= 0.3 is 5.92 Å². The Balaban J connectivity index is 1.11. The molecule has 0 saturated carbocycles. The van der Waals surface area contributed by atoms with Gasteiger partial charge in [-0.15, -0.1) is 0 Å². The maximum Gasteiger partial charge on any atom is 0.301 e. The highest BCUT2D eigenvalue weighted by Crippen LogP contribution is 2.35. The Bertz CT molecular complexity index is 1600. The van der Waals surface area contributed by atoms with Crippen molar-refractivity contribution < 1.29 is 32.5 Å². The number of ether oxygens (including phenoxy) is 2. The number of likely N-dealkylation sites (tertiary alicyclic amines) is 2. The number of nitriles is 1.